The molecule has 3 aromatic rings. The van der Waals surface area contributed by atoms with Gasteiger partial charge in [0.15, 0.2) is 6.10 Å². The van der Waals surface area contributed by atoms with Crippen LogP contribution in [0.4, 0.5) is 5.69 Å². The second kappa shape index (κ2) is 13.5. The maximum absolute atomic E-state index is 13.6. The van der Waals surface area contributed by atoms with Gasteiger partial charge in [-0.25, -0.2) is 0 Å². The molecule has 1 saturated heterocycles. The lowest BCUT2D eigenvalue weighted by Crippen LogP contribution is -2.56. The molecule has 1 aliphatic rings. The molecule has 3 amide bonds. The molecule has 9 heteroatoms. The highest BCUT2D eigenvalue weighted by molar-refractivity contribution is 7.99. The van der Waals surface area contributed by atoms with Crippen molar-refractivity contribution in [2.24, 2.45) is 0 Å². The number of aliphatic hydroxyl groups excluding tert-OH is 1. The molecule has 0 unspecified atom stereocenters. The summed E-state index contributed by atoms with van der Waals surface area (Å²) in [4.78, 5) is 41.5. The summed E-state index contributed by atoms with van der Waals surface area (Å²) in [5.41, 5.74) is 10.6. The van der Waals surface area contributed by atoms with Crippen LogP contribution in [0.25, 0.3) is 0 Å². The van der Waals surface area contributed by atoms with Crippen LogP contribution in [0.5, 0.6) is 0 Å². The minimum Gasteiger partial charge on any atom is -0.398 e. The van der Waals surface area contributed by atoms with Crippen LogP contribution < -0.4 is 16.4 Å². The molecule has 8 nitrogen and oxygen atoms in total. The molecule has 4 rings (SSSR count). The van der Waals surface area contributed by atoms with Crippen molar-refractivity contribution in [1.29, 1.82) is 0 Å². The summed E-state index contributed by atoms with van der Waals surface area (Å²) in [6.45, 7) is 4.25. The molecule has 1 fully saturated rings. The Morgan fingerprint density at radius 3 is 2.50 bits per heavy atom. The zero-order valence-electron chi connectivity index (χ0n) is 22.8. The fourth-order valence-electron chi connectivity index (χ4n) is 4.90. The van der Waals surface area contributed by atoms with Crippen LogP contribution in [0.3, 0.4) is 0 Å². The molecule has 3 aromatic carbocycles. The summed E-state index contributed by atoms with van der Waals surface area (Å²) in [7, 11) is 0. The minimum absolute atomic E-state index is 0.231. The van der Waals surface area contributed by atoms with E-state index in [9.17, 15) is 19.5 Å². The quantitative estimate of drug-likeness (QED) is 0.283. The Kier molecular flexibility index (Phi) is 9.84. The number of rotatable bonds is 10. The topological polar surface area (TPSA) is 125 Å². The molecular formula is C31H36N4O4S. The van der Waals surface area contributed by atoms with Crippen LogP contribution in [0, 0.1) is 6.92 Å². The van der Waals surface area contributed by atoms with Gasteiger partial charge in [0.05, 0.1) is 11.9 Å². The van der Waals surface area contributed by atoms with Crippen molar-refractivity contribution in [3.63, 3.8) is 0 Å². The van der Waals surface area contributed by atoms with E-state index < -0.39 is 30.0 Å². The van der Waals surface area contributed by atoms with Gasteiger partial charge in [0.2, 0.25) is 5.91 Å². The van der Waals surface area contributed by atoms with E-state index in [2.05, 4.69) is 10.6 Å². The number of nitrogens with one attached hydrogen (secondary N) is 2. The molecule has 5 N–H and O–H groups in total. The first-order chi connectivity index (χ1) is 19.3. The SMILES string of the molecule is CCc1c(N)cccc1C(=O)N[C@@H](Cc1ccccc1)[C@H](O)C(=O)N1CSC[C@H]1C(=O)NCc1ccccc1C. The number of benzene rings is 3. The highest BCUT2D eigenvalue weighted by atomic mass is 32.2. The molecule has 0 bridgehead atoms. The number of amides is 3. The maximum Gasteiger partial charge on any atom is 0.254 e. The molecule has 0 radical (unpaired) electrons. The zero-order valence-corrected chi connectivity index (χ0v) is 23.6. The van der Waals surface area contributed by atoms with E-state index in [0.717, 1.165) is 16.7 Å². The van der Waals surface area contributed by atoms with Gasteiger partial charge < -0.3 is 26.4 Å². The smallest absolute Gasteiger partial charge is 0.254 e. The fraction of sp³-hybridized carbons (Fsp3) is 0.323. The largest absolute Gasteiger partial charge is 0.398 e. The van der Waals surface area contributed by atoms with Crippen molar-refractivity contribution in [2.45, 2.75) is 51.4 Å². The van der Waals surface area contributed by atoms with Gasteiger partial charge >= 0.3 is 0 Å². The van der Waals surface area contributed by atoms with Crippen molar-refractivity contribution in [1.82, 2.24) is 15.5 Å². The standard InChI is InChI=1S/C31H36N4O4S/c1-3-23-24(14-9-15-25(23)32)29(37)34-26(16-21-11-5-4-6-12-21)28(36)31(39)35-19-40-18-27(35)30(38)33-17-22-13-8-7-10-20(22)2/h4-15,26-28,36H,3,16-19,32H2,1-2H3,(H,33,38)(H,34,37)/t26-,27-,28-/m0/s1. The van der Waals surface area contributed by atoms with E-state index in [1.807, 2.05) is 68.4 Å². The monoisotopic (exact) mass is 560 g/mol. The van der Waals surface area contributed by atoms with E-state index in [1.54, 1.807) is 18.2 Å². The lowest BCUT2D eigenvalue weighted by molar-refractivity contribution is -0.146. The van der Waals surface area contributed by atoms with E-state index >= 15 is 0 Å². The number of nitrogens with zero attached hydrogens (tertiary/aromatic N) is 1. The Hall–Kier alpha value is -3.82. The molecule has 1 aliphatic heterocycles. The number of aliphatic hydroxyl groups is 1. The van der Waals surface area contributed by atoms with Crippen LogP contribution in [-0.4, -0.2) is 57.5 Å². The second-order valence-electron chi connectivity index (χ2n) is 9.91. The highest BCUT2D eigenvalue weighted by Gasteiger charge is 2.40. The van der Waals surface area contributed by atoms with Gasteiger partial charge in [0, 0.05) is 23.5 Å². The Balaban J connectivity index is 1.51. The van der Waals surface area contributed by atoms with Crippen molar-refractivity contribution in [2.75, 3.05) is 17.4 Å². The first kappa shape index (κ1) is 29.2. The van der Waals surface area contributed by atoms with Gasteiger partial charge in [-0.15, -0.1) is 11.8 Å². The Labute approximate surface area is 239 Å². The third-order valence-corrected chi connectivity index (χ3v) is 8.25. The maximum atomic E-state index is 13.6. The number of nitrogen functional groups attached to an aromatic ring is 1. The minimum atomic E-state index is -1.55. The first-order valence-electron chi connectivity index (χ1n) is 13.4. The molecule has 0 aromatic heterocycles. The van der Waals surface area contributed by atoms with Gasteiger partial charge in [0.1, 0.15) is 6.04 Å². The van der Waals surface area contributed by atoms with Crippen molar-refractivity contribution in [3.05, 3.63) is 101 Å². The molecular weight excluding hydrogens is 524 g/mol. The third kappa shape index (κ3) is 6.84. The van der Waals surface area contributed by atoms with Gasteiger partial charge in [-0.3, -0.25) is 14.4 Å². The first-order valence-corrected chi connectivity index (χ1v) is 14.6. The Morgan fingerprint density at radius 1 is 1.05 bits per heavy atom. The lowest BCUT2D eigenvalue weighted by Gasteiger charge is -2.30. The van der Waals surface area contributed by atoms with Crippen LogP contribution in [0.2, 0.25) is 0 Å². The van der Waals surface area contributed by atoms with Crippen molar-refractivity contribution < 1.29 is 19.5 Å². The molecule has 0 aliphatic carbocycles. The van der Waals surface area contributed by atoms with Gasteiger partial charge in [-0.2, -0.15) is 0 Å². The number of aryl methyl sites for hydroxylation is 1. The van der Waals surface area contributed by atoms with Crippen LogP contribution in [0.15, 0.2) is 72.8 Å². The summed E-state index contributed by atoms with van der Waals surface area (Å²) in [5.74, 6) is -0.577. The number of hydrogen-bond acceptors (Lipinski definition) is 6. The van der Waals surface area contributed by atoms with Crippen LogP contribution >= 0.6 is 11.8 Å². The van der Waals surface area contributed by atoms with Gasteiger partial charge in [-0.1, -0.05) is 67.6 Å². The number of carbonyl (C=O) groups excluding carboxylic acids is 3. The van der Waals surface area contributed by atoms with Crippen molar-refractivity contribution in [3.8, 4) is 0 Å². The molecule has 0 spiro atoms. The molecule has 3 atom stereocenters. The van der Waals surface area contributed by atoms with Crippen molar-refractivity contribution >= 4 is 35.2 Å². The normalized spacial score (nSPS) is 16.3. The number of thioether (sulfide) groups is 1. The highest BCUT2D eigenvalue weighted by Crippen LogP contribution is 2.24. The zero-order chi connectivity index (χ0) is 28.6. The van der Waals surface area contributed by atoms with Crippen LogP contribution in [0.1, 0.15) is 39.5 Å². The molecule has 1 heterocycles. The average molecular weight is 561 g/mol. The second-order valence-corrected chi connectivity index (χ2v) is 10.9. The summed E-state index contributed by atoms with van der Waals surface area (Å²) >= 11 is 1.45. The summed E-state index contributed by atoms with van der Waals surface area (Å²) in [6, 6.07) is 20.6. The number of nitrogens with two attached hydrogens (primary N) is 1. The predicted octanol–water partition coefficient (Wildman–Crippen LogP) is 3.06. The van der Waals surface area contributed by atoms with E-state index in [-0.39, 0.29) is 18.2 Å². The molecule has 210 valence electrons. The van der Waals surface area contributed by atoms with E-state index in [4.69, 9.17) is 5.73 Å². The number of carbonyl (C=O) groups is 3. The van der Waals surface area contributed by atoms with Crippen LogP contribution in [-0.2, 0) is 29.0 Å². The Bertz CT molecular complexity index is 1350. The Morgan fingerprint density at radius 2 is 1.77 bits per heavy atom. The molecule has 0 saturated carbocycles. The van der Waals surface area contributed by atoms with Gasteiger partial charge in [-0.05, 0) is 54.2 Å². The summed E-state index contributed by atoms with van der Waals surface area (Å²) < 4.78 is 0. The average Bonchev–Trinajstić information content (AvgIpc) is 3.46. The van der Waals surface area contributed by atoms with Gasteiger partial charge in [0.25, 0.3) is 11.8 Å². The number of anilines is 1. The summed E-state index contributed by atoms with van der Waals surface area (Å²) in [5, 5.41) is 17.2. The predicted molar refractivity (Wildman–Crippen MR) is 159 cm³/mol. The fourth-order valence-corrected chi connectivity index (χ4v) is 6.06. The lowest BCUT2D eigenvalue weighted by atomic mass is 9.98. The number of hydrogen-bond donors (Lipinski definition) is 4. The summed E-state index contributed by atoms with van der Waals surface area (Å²) in [6.07, 6.45) is -0.764. The third-order valence-electron chi connectivity index (χ3n) is 7.24. The van der Waals surface area contributed by atoms with E-state index in [1.165, 1.54) is 16.7 Å². The molecule has 40 heavy (non-hydrogen) atoms. The van der Waals surface area contributed by atoms with E-state index in [0.29, 0.717) is 35.5 Å².